The molecule has 0 fully saturated rings. The smallest absolute Gasteiger partial charge is 0.277 e. The maximum Gasteiger partial charge on any atom is 0.277 e. The van der Waals surface area contributed by atoms with E-state index < -0.39 is 6.04 Å². The molecule has 1 aliphatic heterocycles. The fraction of sp³-hybridized carbons (Fsp3) is 0.118. The maximum atomic E-state index is 7.85. The lowest BCUT2D eigenvalue weighted by Gasteiger charge is -2.23. The second-order valence-corrected chi connectivity index (χ2v) is 7.52. The number of rotatable bonds is 2. The van der Waals surface area contributed by atoms with E-state index in [0.29, 0.717) is 26.9 Å². The van der Waals surface area contributed by atoms with E-state index in [4.69, 9.17) is 22.8 Å². The highest BCUT2D eigenvalue weighted by Gasteiger charge is 2.42. The Bertz CT molecular complexity index is 1200. The number of fused-ring (bicyclic) bond motifs is 2. The van der Waals surface area contributed by atoms with Crippen LogP contribution in [0.25, 0.3) is 15.9 Å². The van der Waals surface area contributed by atoms with Gasteiger partial charge in [-0.2, -0.15) is 5.10 Å². The van der Waals surface area contributed by atoms with Gasteiger partial charge in [0.05, 0.1) is 21.3 Å². The first-order valence-corrected chi connectivity index (χ1v) is 8.91. The first-order valence-electron chi connectivity index (χ1n) is 7.71. The largest absolute Gasteiger partial charge is 0.306 e. The monoisotopic (exact) mass is 380 g/mol. The summed E-state index contributed by atoms with van der Waals surface area (Å²) in [7, 11) is 0. The van der Waals surface area contributed by atoms with Crippen molar-refractivity contribution in [2.75, 3.05) is 0 Å². The Labute approximate surface area is 156 Å². The Morgan fingerprint density at radius 3 is 2.92 bits per heavy atom. The van der Waals surface area contributed by atoms with Crippen LogP contribution in [0.15, 0.2) is 46.2 Å². The molecule has 1 N–H and O–H groups in total. The quantitative estimate of drug-likeness (QED) is 0.528. The number of aromatic nitrogens is 4. The first-order chi connectivity index (χ1) is 12.8. The van der Waals surface area contributed by atoms with Gasteiger partial charge in [0.1, 0.15) is 16.7 Å². The van der Waals surface area contributed by atoms with Crippen molar-refractivity contribution in [2.45, 2.75) is 12.0 Å². The molecule has 0 saturated carbocycles. The summed E-state index contributed by atoms with van der Waals surface area (Å²) in [5.41, 5.74) is 3.69. The number of aliphatic imine (C=N–C) groups is 1. The number of benzene rings is 1. The molecule has 0 spiro atoms. The molecule has 2 unspecified atom stereocenters. The first kappa shape index (κ1) is 15.3. The topological polar surface area (TPSA) is 84.3 Å². The van der Waals surface area contributed by atoms with Crippen LogP contribution in [-0.2, 0) is 0 Å². The Kier molecular flexibility index (Phi) is 3.38. The van der Waals surface area contributed by atoms with Gasteiger partial charge in [0.25, 0.3) is 6.04 Å². The molecule has 3 aromatic heterocycles. The van der Waals surface area contributed by atoms with Gasteiger partial charge >= 0.3 is 0 Å². The van der Waals surface area contributed by atoms with Crippen LogP contribution < -0.4 is 0 Å². The van der Waals surface area contributed by atoms with Crippen molar-refractivity contribution in [2.24, 2.45) is 4.99 Å². The van der Waals surface area contributed by atoms with Gasteiger partial charge in [0.2, 0.25) is 0 Å². The molecule has 0 aliphatic carbocycles. The molecule has 9 heteroatoms. The average molecular weight is 381 g/mol. The van der Waals surface area contributed by atoms with Crippen molar-refractivity contribution >= 4 is 45.5 Å². The fourth-order valence-corrected chi connectivity index (χ4v) is 4.39. The fourth-order valence-electron chi connectivity index (χ4n) is 3.32. The molecule has 5 rings (SSSR count). The van der Waals surface area contributed by atoms with Gasteiger partial charge in [-0.25, -0.2) is 16.2 Å². The number of nitrogens with one attached hydrogen (secondary N) is 1. The minimum Gasteiger partial charge on any atom is -0.306 e. The zero-order chi connectivity index (χ0) is 17.7. The van der Waals surface area contributed by atoms with Crippen LogP contribution >= 0.6 is 22.9 Å². The van der Waals surface area contributed by atoms with Crippen molar-refractivity contribution in [3.8, 4) is 0 Å². The number of hydrogen-bond acceptors (Lipinski definition) is 6. The van der Waals surface area contributed by atoms with Gasteiger partial charge in [-0.1, -0.05) is 23.7 Å². The Hall–Kier alpha value is -3.02. The SMILES string of the molecule is [C-]#[N+]C1C(c2ccc(Cl)s2)=Nc2[nH]ncc2C1c1cccc2nonc12. The highest BCUT2D eigenvalue weighted by atomic mass is 35.5. The molecule has 0 saturated heterocycles. The van der Waals surface area contributed by atoms with E-state index in [-0.39, 0.29) is 5.92 Å². The number of thiophene rings is 1. The highest BCUT2D eigenvalue weighted by Crippen LogP contribution is 2.43. The number of nitrogens with zero attached hydrogens (tertiary/aromatic N) is 5. The van der Waals surface area contributed by atoms with Crippen LogP contribution in [0.5, 0.6) is 0 Å². The molecule has 0 bridgehead atoms. The molecule has 4 heterocycles. The van der Waals surface area contributed by atoms with Crippen molar-refractivity contribution in [1.29, 1.82) is 0 Å². The summed E-state index contributed by atoms with van der Waals surface area (Å²) in [4.78, 5) is 9.43. The molecule has 2 atom stereocenters. The van der Waals surface area contributed by atoms with Crippen LogP contribution in [0, 0.1) is 6.57 Å². The van der Waals surface area contributed by atoms with Gasteiger partial charge in [-0.3, -0.25) is 5.10 Å². The molecule has 0 radical (unpaired) electrons. The minimum atomic E-state index is -0.530. The Morgan fingerprint density at radius 2 is 2.12 bits per heavy atom. The van der Waals surface area contributed by atoms with E-state index in [0.717, 1.165) is 16.0 Å². The average Bonchev–Trinajstić information content (AvgIpc) is 3.39. The summed E-state index contributed by atoms with van der Waals surface area (Å²) in [6.07, 6.45) is 1.71. The number of H-pyrrole nitrogens is 1. The summed E-state index contributed by atoms with van der Waals surface area (Å²) in [6, 6.07) is 8.82. The van der Waals surface area contributed by atoms with Gasteiger partial charge in [-0.15, -0.1) is 11.3 Å². The highest BCUT2D eigenvalue weighted by molar-refractivity contribution is 7.18. The third kappa shape index (κ3) is 2.18. The van der Waals surface area contributed by atoms with Gasteiger partial charge < -0.3 is 4.85 Å². The van der Waals surface area contributed by atoms with E-state index in [1.165, 1.54) is 11.3 Å². The normalized spacial score (nSPS) is 19.2. The van der Waals surface area contributed by atoms with E-state index in [1.54, 1.807) is 6.20 Å². The van der Waals surface area contributed by atoms with E-state index in [9.17, 15) is 0 Å². The standard InChI is InChI=1S/C17H9ClN6OS/c1-19-16-13(8-3-2-4-10-14(8)24-25-23-10)9-7-20-22-17(9)21-15(16)11-5-6-12(18)26-11/h2-7,13,16H,(H,20,22). The molecule has 126 valence electrons. The zero-order valence-electron chi connectivity index (χ0n) is 13.0. The molecule has 1 aliphatic rings. The van der Waals surface area contributed by atoms with Crippen LogP contribution in [-0.4, -0.2) is 32.3 Å². The predicted octanol–water partition coefficient (Wildman–Crippen LogP) is 4.21. The number of halogens is 1. The molecule has 0 amide bonds. The second kappa shape index (κ2) is 5.76. The molecule has 1 aromatic carbocycles. The van der Waals surface area contributed by atoms with E-state index in [2.05, 4.69) is 30.3 Å². The molecular formula is C17H9ClN6OS. The lowest BCUT2D eigenvalue weighted by atomic mass is 9.81. The third-order valence-electron chi connectivity index (χ3n) is 4.43. The Morgan fingerprint density at radius 1 is 1.19 bits per heavy atom. The summed E-state index contributed by atoms with van der Waals surface area (Å²) in [5.74, 6) is 0.355. The minimum absolute atomic E-state index is 0.287. The van der Waals surface area contributed by atoms with Crippen LogP contribution in [0.4, 0.5) is 5.82 Å². The summed E-state index contributed by atoms with van der Waals surface area (Å²) >= 11 is 7.51. The van der Waals surface area contributed by atoms with Crippen molar-refractivity contribution < 1.29 is 4.63 Å². The molecule has 26 heavy (non-hydrogen) atoms. The molecular weight excluding hydrogens is 372 g/mol. The van der Waals surface area contributed by atoms with Crippen LogP contribution in [0.3, 0.4) is 0 Å². The summed E-state index contributed by atoms with van der Waals surface area (Å²) in [6.45, 7) is 7.85. The Balaban J connectivity index is 1.76. The maximum absolute atomic E-state index is 7.85. The zero-order valence-corrected chi connectivity index (χ0v) is 14.6. The van der Waals surface area contributed by atoms with Crippen molar-refractivity contribution in [3.05, 3.63) is 68.3 Å². The predicted molar refractivity (Wildman–Crippen MR) is 98.2 cm³/mol. The third-order valence-corrected chi connectivity index (χ3v) is 5.68. The lowest BCUT2D eigenvalue weighted by Crippen LogP contribution is -2.29. The molecule has 7 nitrogen and oxygen atoms in total. The van der Waals surface area contributed by atoms with Crippen LogP contribution in [0.2, 0.25) is 4.34 Å². The van der Waals surface area contributed by atoms with Crippen molar-refractivity contribution in [1.82, 2.24) is 20.5 Å². The van der Waals surface area contributed by atoms with Gasteiger partial charge in [0.15, 0.2) is 5.82 Å². The summed E-state index contributed by atoms with van der Waals surface area (Å²) < 4.78 is 5.56. The van der Waals surface area contributed by atoms with Crippen LogP contribution in [0.1, 0.15) is 21.9 Å². The van der Waals surface area contributed by atoms with E-state index >= 15 is 0 Å². The summed E-state index contributed by atoms with van der Waals surface area (Å²) in [5, 5.41) is 15.0. The number of aromatic amines is 1. The van der Waals surface area contributed by atoms with E-state index in [1.807, 2.05) is 30.3 Å². The van der Waals surface area contributed by atoms with Crippen molar-refractivity contribution in [3.63, 3.8) is 0 Å². The second-order valence-electron chi connectivity index (χ2n) is 5.81. The van der Waals surface area contributed by atoms with Gasteiger partial charge in [0, 0.05) is 5.56 Å². The van der Waals surface area contributed by atoms with Gasteiger partial charge in [-0.05, 0) is 34.1 Å². The molecule has 4 aromatic rings. The number of hydrogen-bond donors (Lipinski definition) is 1. The lowest BCUT2D eigenvalue weighted by molar-refractivity contribution is 0.315.